The number of aliphatic hydroxyl groups is 2. The molecule has 1 aliphatic heterocycles. The van der Waals surface area contributed by atoms with Gasteiger partial charge < -0.3 is 31.2 Å². The van der Waals surface area contributed by atoms with Gasteiger partial charge in [-0.3, -0.25) is 4.79 Å². The molecule has 0 bridgehead atoms. The predicted molar refractivity (Wildman–Crippen MR) is 64.3 cm³/mol. The molecule has 6 N–H and O–H groups in total. The number of nitrogens with two attached hydrogens (primary N) is 2. The topological polar surface area (TPSA) is 145 Å². The van der Waals surface area contributed by atoms with Crippen molar-refractivity contribution >= 4 is 11.8 Å². The summed E-state index contributed by atoms with van der Waals surface area (Å²) in [5.41, 5.74) is 10.9. The predicted octanol–water partition coefficient (Wildman–Crippen LogP) is -2.47. The highest BCUT2D eigenvalue weighted by atomic mass is 19.2. The highest BCUT2D eigenvalue weighted by Crippen LogP contribution is 2.34. The lowest BCUT2D eigenvalue weighted by Gasteiger charge is -2.43. The minimum Gasteiger partial charge on any atom is -0.462 e. The summed E-state index contributed by atoms with van der Waals surface area (Å²) in [5, 5.41) is 18.3. The molecule has 8 nitrogen and oxygen atoms in total. The van der Waals surface area contributed by atoms with E-state index in [1.165, 1.54) is 6.92 Å². The van der Waals surface area contributed by atoms with Crippen LogP contribution in [0.4, 0.5) is 8.78 Å². The number of rotatable bonds is 5. The Hall–Kier alpha value is -1.20. The van der Waals surface area contributed by atoms with Crippen LogP contribution in [0, 0.1) is 0 Å². The molecule has 0 aromatic heterocycles. The highest BCUT2D eigenvalue weighted by Gasteiger charge is 2.61. The van der Waals surface area contributed by atoms with Crippen LogP contribution in [0.2, 0.25) is 0 Å². The Morgan fingerprint density at radius 3 is 2.48 bits per heavy atom. The highest BCUT2D eigenvalue weighted by molar-refractivity contribution is 5.85. The minimum absolute atomic E-state index is 0.245. The molecular formula is C11H18F2N2O6. The molecule has 122 valence electrons. The second-order valence-electron chi connectivity index (χ2n) is 4.57. The summed E-state index contributed by atoms with van der Waals surface area (Å²) in [6.45, 7) is 0.0516. The van der Waals surface area contributed by atoms with Crippen molar-refractivity contribution < 1.29 is 38.1 Å². The minimum atomic E-state index is -3.59. The summed E-state index contributed by atoms with van der Waals surface area (Å²) in [7, 11) is 0. The standard InChI is InChI=1S/C11H18F2N2O6/c1-2-20-10(19)11(13)9(12)6(15)5(14)8(21-11)7(18)4(17)3-16/h5-9,16,18H,2-3,14-15H2,1H3. The van der Waals surface area contributed by atoms with Crippen molar-refractivity contribution in [3.05, 3.63) is 0 Å². The van der Waals surface area contributed by atoms with Crippen molar-refractivity contribution in [2.24, 2.45) is 11.5 Å². The number of halogens is 2. The summed E-state index contributed by atoms with van der Waals surface area (Å²) in [4.78, 5) is 22.8. The average molecular weight is 312 g/mol. The third-order valence-electron chi connectivity index (χ3n) is 3.17. The van der Waals surface area contributed by atoms with Crippen LogP contribution < -0.4 is 11.5 Å². The van der Waals surface area contributed by atoms with Gasteiger partial charge in [0.2, 0.25) is 0 Å². The van der Waals surface area contributed by atoms with Gasteiger partial charge in [0.15, 0.2) is 12.0 Å². The first-order chi connectivity index (χ1) is 9.70. The van der Waals surface area contributed by atoms with Crippen molar-refractivity contribution in [2.45, 2.75) is 43.2 Å². The number of carbonyl (C=O) groups is 2. The summed E-state index contributed by atoms with van der Waals surface area (Å²) < 4.78 is 37.3. The maximum Gasteiger partial charge on any atom is 0.375 e. The first kappa shape index (κ1) is 17.9. The molecular weight excluding hydrogens is 294 g/mol. The molecule has 6 unspecified atom stereocenters. The fourth-order valence-electron chi connectivity index (χ4n) is 1.95. The molecule has 0 aromatic rings. The third-order valence-corrected chi connectivity index (χ3v) is 3.17. The van der Waals surface area contributed by atoms with E-state index in [9.17, 15) is 23.5 Å². The van der Waals surface area contributed by atoms with Crippen LogP contribution in [0.3, 0.4) is 0 Å². The smallest absolute Gasteiger partial charge is 0.375 e. The number of carbonyl (C=O) groups excluding carboxylic acids is 2. The van der Waals surface area contributed by atoms with Crippen LogP contribution in [-0.4, -0.2) is 71.5 Å². The second kappa shape index (κ2) is 6.71. The number of alkyl halides is 2. The maximum absolute atomic E-state index is 14.5. The summed E-state index contributed by atoms with van der Waals surface area (Å²) >= 11 is 0. The van der Waals surface area contributed by atoms with Gasteiger partial charge in [0, 0.05) is 0 Å². The zero-order valence-electron chi connectivity index (χ0n) is 11.2. The van der Waals surface area contributed by atoms with Gasteiger partial charge in [0.25, 0.3) is 0 Å². The Morgan fingerprint density at radius 2 is 2.00 bits per heavy atom. The SMILES string of the molecule is CCOC(=O)C1(F)OC(C(O)C(=O)CO)C(N)C(N)C1F. The fourth-order valence-corrected chi connectivity index (χ4v) is 1.95. The first-order valence-corrected chi connectivity index (χ1v) is 6.21. The Bertz CT molecular complexity index is 412. The monoisotopic (exact) mass is 312 g/mol. The molecule has 0 aliphatic carbocycles. The van der Waals surface area contributed by atoms with Gasteiger partial charge >= 0.3 is 11.8 Å². The lowest BCUT2D eigenvalue weighted by molar-refractivity contribution is -0.268. The summed E-state index contributed by atoms with van der Waals surface area (Å²) in [5.74, 6) is -6.40. The molecule has 1 aliphatic rings. The van der Waals surface area contributed by atoms with Crippen molar-refractivity contribution in [2.75, 3.05) is 13.2 Å². The number of ether oxygens (including phenoxy) is 2. The van der Waals surface area contributed by atoms with Crippen LogP contribution in [0.1, 0.15) is 6.92 Å². The van der Waals surface area contributed by atoms with Crippen LogP contribution in [0.15, 0.2) is 0 Å². The molecule has 6 atom stereocenters. The Labute approximate surface area is 119 Å². The van der Waals surface area contributed by atoms with E-state index in [0.29, 0.717) is 0 Å². The van der Waals surface area contributed by atoms with Crippen LogP contribution >= 0.6 is 0 Å². The van der Waals surface area contributed by atoms with E-state index >= 15 is 0 Å². The number of esters is 1. The largest absolute Gasteiger partial charge is 0.462 e. The quantitative estimate of drug-likeness (QED) is 0.409. The maximum atomic E-state index is 14.5. The van der Waals surface area contributed by atoms with E-state index in [1.807, 2.05) is 0 Å². The van der Waals surface area contributed by atoms with Gasteiger partial charge in [-0.15, -0.1) is 0 Å². The third kappa shape index (κ3) is 3.19. The zero-order valence-corrected chi connectivity index (χ0v) is 11.2. The molecule has 0 aromatic carbocycles. The van der Waals surface area contributed by atoms with Crippen molar-refractivity contribution in [1.29, 1.82) is 0 Å². The summed E-state index contributed by atoms with van der Waals surface area (Å²) in [6, 6.07) is -3.19. The second-order valence-corrected chi connectivity index (χ2v) is 4.57. The molecule has 1 rings (SSSR count). The van der Waals surface area contributed by atoms with Gasteiger partial charge in [-0.25, -0.2) is 9.18 Å². The normalized spacial score (nSPS) is 37.9. The molecule has 1 saturated heterocycles. The van der Waals surface area contributed by atoms with E-state index in [-0.39, 0.29) is 6.61 Å². The molecule has 0 spiro atoms. The lowest BCUT2D eigenvalue weighted by Crippen LogP contribution is -2.72. The number of hydrogen-bond acceptors (Lipinski definition) is 8. The van der Waals surface area contributed by atoms with Gasteiger partial charge in [0.1, 0.15) is 18.8 Å². The van der Waals surface area contributed by atoms with Gasteiger partial charge in [-0.1, -0.05) is 0 Å². The van der Waals surface area contributed by atoms with Crippen molar-refractivity contribution in [3.63, 3.8) is 0 Å². The molecule has 0 saturated carbocycles. The van der Waals surface area contributed by atoms with Crippen LogP contribution in [0.5, 0.6) is 0 Å². The Kier molecular flexibility index (Phi) is 5.70. The van der Waals surface area contributed by atoms with E-state index in [1.54, 1.807) is 0 Å². The van der Waals surface area contributed by atoms with Crippen molar-refractivity contribution in [1.82, 2.24) is 0 Å². The van der Waals surface area contributed by atoms with Gasteiger partial charge in [0.05, 0.1) is 18.7 Å². The zero-order chi connectivity index (χ0) is 16.4. The lowest BCUT2D eigenvalue weighted by atomic mass is 9.87. The Morgan fingerprint density at radius 1 is 1.43 bits per heavy atom. The fraction of sp³-hybridized carbons (Fsp3) is 0.818. The van der Waals surface area contributed by atoms with Crippen molar-refractivity contribution in [3.8, 4) is 0 Å². The van der Waals surface area contributed by atoms with Gasteiger partial charge in [-0.05, 0) is 6.92 Å². The van der Waals surface area contributed by atoms with E-state index in [4.69, 9.17) is 16.6 Å². The molecule has 0 amide bonds. The molecule has 1 heterocycles. The van der Waals surface area contributed by atoms with Crippen LogP contribution in [-0.2, 0) is 19.1 Å². The first-order valence-electron chi connectivity index (χ1n) is 6.21. The average Bonchev–Trinajstić information content (AvgIpc) is 2.47. The summed E-state index contributed by atoms with van der Waals surface area (Å²) in [6.07, 6.45) is -6.51. The Balaban J connectivity index is 3.08. The van der Waals surface area contributed by atoms with Crippen LogP contribution in [0.25, 0.3) is 0 Å². The number of hydrogen-bond donors (Lipinski definition) is 4. The number of aliphatic hydroxyl groups excluding tert-OH is 2. The van der Waals surface area contributed by atoms with E-state index in [2.05, 4.69) is 9.47 Å². The van der Waals surface area contributed by atoms with E-state index < -0.39 is 54.7 Å². The number of ketones is 1. The van der Waals surface area contributed by atoms with E-state index in [0.717, 1.165) is 0 Å². The molecule has 0 radical (unpaired) electrons. The molecule has 1 fully saturated rings. The molecule has 10 heteroatoms. The molecule has 21 heavy (non-hydrogen) atoms. The number of Topliss-reactive ketones (excluding diaryl/α,β-unsaturated/α-hetero) is 1. The van der Waals surface area contributed by atoms with Gasteiger partial charge in [-0.2, -0.15) is 4.39 Å².